The van der Waals surface area contributed by atoms with Gasteiger partial charge < -0.3 is 9.73 Å². The number of carbonyl (C=O) groups is 1. The number of hydrogen-bond acceptors (Lipinski definition) is 5. The summed E-state index contributed by atoms with van der Waals surface area (Å²) in [5.41, 5.74) is 0. The fourth-order valence-electron chi connectivity index (χ4n) is 3.05. The van der Waals surface area contributed by atoms with E-state index < -0.39 is 0 Å². The molecule has 1 saturated carbocycles. The van der Waals surface area contributed by atoms with Crippen LogP contribution in [0.1, 0.15) is 57.4 Å². The van der Waals surface area contributed by atoms with Gasteiger partial charge in [-0.1, -0.05) is 12.0 Å². The highest BCUT2D eigenvalue weighted by atomic mass is 16.4. The van der Waals surface area contributed by atoms with Gasteiger partial charge in [0.2, 0.25) is 11.8 Å². The molecule has 1 atom stereocenters. The number of rotatable bonds is 3. The minimum absolute atomic E-state index is 0.0199. The van der Waals surface area contributed by atoms with Crippen molar-refractivity contribution in [3.63, 3.8) is 0 Å². The van der Waals surface area contributed by atoms with Crippen molar-refractivity contribution in [2.45, 2.75) is 51.5 Å². The summed E-state index contributed by atoms with van der Waals surface area (Å²) in [6, 6.07) is 0.376. The first-order valence-electron chi connectivity index (χ1n) is 7.60. The fourth-order valence-corrected chi connectivity index (χ4v) is 3.05. The van der Waals surface area contributed by atoms with Gasteiger partial charge in [-0.3, -0.25) is 10.1 Å². The van der Waals surface area contributed by atoms with E-state index in [1.54, 1.807) is 0 Å². The number of hydrogen-bond donors (Lipinski definition) is 2. The van der Waals surface area contributed by atoms with Crippen LogP contribution in [0.15, 0.2) is 4.42 Å². The Morgan fingerprint density at radius 2 is 2.05 bits per heavy atom. The van der Waals surface area contributed by atoms with Crippen molar-refractivity contribution >= 4 is 11.9 Å². The second-order valence-electron chi connectivity index (χ2n) is 6.04. The molecule has 3 rings (SSSR count). The number of nitrogens with one attached hydrogen (secondary N) is 2. The van der Waals surface area contributed by atoms with Crippen LogP contribution in [0.3, 0.4) is 0 Å². The molecular weight excluding hydrogens is 256 g/mol. The van der Waals surface area contributed by atoms with Crippen molar-refractivity contribution in [3.8, 4) is 0 Å². The van der Waals surface area contributed by atoms with Crippen molar-refractivity contribution < 1.29 is 9.21 Å². The summed E-state index contributed by atoms with van der Waals surface area (Å²) in [4.78, 5) is 12.2. The Hall–Kier alpha value is -1.43. The summed E-state index contributed by atoms with van der Waals surface area (Å²) in [7, 11) is 0. The first-order chi connectivity index (χ1) is 9.72. The maximum atomic E-state index is 12.2. The maximum absolute atomic E-state index is 12.2. The maximum Gasteiger partial charge on any atom is 0.322 e. The second-order valence-corrected chi connectivity index (χ2v) is 6.04. The molecule has 0 aromatic carbocycles. The van der Waals surface area contributed by atoms with Gasteiger partial charge in [0.15, 0.2) is 0 Å². The van der Waals surface area contributed by atoms with Crippen LogP contribution in [0.25, 0.3) is 0 Å². The third-order valence-electron chi connectivity index (χ3n) is 4.42. The molecule has 20 heavy (non-hydrogen) atoms. The summed E-state index contributed by atoms with van der Waals surface area (Å²) in [6.07, 6.45) is 6.29. The van der Waals surface area contributed by atoms with E-state index in [4.69, 9.17) is 4.42 Å². The van der Waals surface area contributed by atoms with Gasteiger partial charge in [0.25, 0.3) is 0 Å². The van der Waals surface area contributed by atoms with Gasteiger partial charge in [-0.05, 0) is 51.0 Å². The molecule has 2 aliphatic rings. The first kappa shape index (κ1) is 13.5. The first-order valence-corrected chi connectivity index (χ1v) is 7.60. The van der Waals surface area contributed by atoms with Crippen LogP contribution in [-0.4, -0.2) is 22.6 Å². The average molecular weight is 278 g/mol. The Morgan fingerprint density at radius 1 is 1.25 bits per heavy atom. The van der Waals surface area contributed by atoms with E-state index in [9.17, 15) is 4.79 Å². The molecule has 6 nitrogen and oxygen atoms in total. The number of anilines is 1. The van der Waals surface area contributed by atoms with Crippen molar-refractivity contribution in [2.75, 3.05) is 11.9 Å². The van der Waals surface area contributed by atoms with E-state index in [2.05, 4.69) is 27.8 Å². The molecule has 1 aliphatic carbocycles. The zero-order valence-corrected chi connectivity index (χ0v) is 11.9. The third-order valence-corrected chi connectivity index (χ3v) is 4.42. The van der Waals surface area contributed by atoms with Crippen LogP contribution in [0.2, 0.25) is 0 Å². The summed E-state index contributed by atoms with van der Waals surface area (Å²) in [5, 5.41) is 14.0. The van der Waals surface area contributed by atoms with Gasteiger partial charge in [0.05, 0.1) is 6.04 Å². The molecule has 6 heteroatoms. The van der Waals surface area contributed by atoms with E-state index in [-0.39, 0.29) is 23.9 Å². The lowest BCUT2D eigenvalue weighted by atomic mass is 9.82. The smallest absolute Gasteiger partial charge is 0.322 e. The quantitative estimate of drug-likeness (QED) is 0.886. The zero-order chi connectivity index (χ0) is 13.9. The molecule has 1 aromatic heterocycles. The number of aromatic nitrogens is 2. The van der Waals surface area contributed by atoms with Crippen LogP contribution >= 0.6 is 0 Å². The van der Waals surface area contributed by atoms with E-state index in [1.807, 2.05) is 0 Å². The Bertz CT molecular complexity index is 459. The van der Waals surface area contributed by atoms with Gasteiger partial charge in [0.1, 0.15) is 0 Å². The number of carbonyl (C=O) groups excluding carboxylic acids is 1. The minimum Gasteiger partial charge on any atom is -0.406 e. The minimum atomic E-state index is 0.0199. The van der Waals surface area contributed by atoms with Crippen LogP contribution in [0.4, 0.5) is 6.01 Å². The lowest BCUT2D eigenvalue weighted by molar-refractivity contribution is -0.121. The Kier molecular flexibility index (Phi) is 4.00. The molecular formula is C14H22N4O2. The van der Waals surface area contributed by atoms with Gasteiger partial charge in [-0.15, -0.1) is 5.10 Å². The monoisotopic (exact) mass is 278 g/mol. The normalized spacial score (nSPS) is 30.4. The topological polar surface area (TPSA) is 80.0 Å². The molecule has 0 bridgehead atoms. The molecule has 1 aliphatic heterocycles. The van der Waals surface area contributed by atoms with Gasteiger partial charge in [-0.25, -0.2) is 0 Å². The zero-order valence-electron chi connectivity index (χ0n) is 11.9. The van der Waals surface area contributed by atoms with Crippen molar-refractivity contribution in [2.24, 2.45) is 11.8 Å². The average Bonchev–Trinajstić information content (AvgIpc) is 3.09. The van der Waals surface area contributed by atoms with Crippen molar-refractivity contribution in [1.29, 1.82) is 0 Å². The molecule has 0 radical (unpaired) electrons. The van der Waals surface area contributed by atoms with E-state index in [0.29, 0.717) is 5.89 Å². The highest BCUT2D eigenvalue weighted by Gasteiger charge is 2.26. The molecule has 1 saturated heterocycles. The van der Waals surface area contributed by atoms with Crippen LogP contribution in [0, 0.1) is 11.8 Å². The van der Waals surface area contributed by atoms with Crippen molar-refractivity contribution in [3.05, 3.63) is 5.89 Å². The van der Waals surface area contributed by atoms with Gasteiger partial charge in [-0.2, -0.15) is 0 Å². The lowest BCUT2D eigenvalue weighted by Crippen LogP contribution is -2.26. The Labute approximate surface area is 118 Å². The standard InChI is InChI=1S/C14H22N4O2/c1-9-4-6-10(7-5-9)12(19)16-14-18-17-13(20-14)11-3-2-8-15-11/h9-11,15H,2-8H2,1H3,(H,16,18,19). The number of amides is 1. The largest absolute Gasteiger partial charge is 0.406 e. The van der Waals surface area contributed by atoms with E-state index in [0.717, 1.165) is 51.0 Å². The molecule has 1 aromatic rings. The SMILES string of the molecule is CC1CCC(C(=O)Nc2nnc(C3CCCN3)o2)CC1. The Balaban J connectivity index is 1.56. The number of nitrogens with zero attached hydrogens (tertiary/aromatic N) is 2. The summed E-state index contributed by atoms with van der Waals surface area (Å²) < 4.78 is 5.53. The van der Waals surface area contributed by atoms with Gasteiger partial charge in [0, 0.05) is 5.92 Å². The molecule has 2 N–H and O–H groups in total. The summed E-state index contributed by atoms with van der Waals surface area (Å²) >= 11 is 0. The molecule has 0 spiro atoms. The predicted molar refractivity (Wildman–Crippen MR) is 74.0 cm³/mol. The lowest BCUT2D eigenvalue weighted by Gasteiger charge is -2.24. The Morgan fingerprint density at radius 3 is 2.75 bits per heavy atom. The van der Waals surface area contributed by atoms with Gasteiger partial charge >= 0.3 is 6.01 Å². The third kappa shape index (κ3) is 3.00. The molecule has 110 valence electrons. The molecule has 1 amide bonds. The summed E-state index contributed by atoms with van der Waals surface area (Å²) in [6.45, 7) is 3.22. The second kappa shape index (κ2) is 5.91. The molecule has 1 unspecified atom stereocenters. The van der Waals surface area contributed by atoms with Crippen LogP contribution < -0.4 is 10.6 Å². The molecule has 2 fully saturated rings. The summed E-state index contributed by atoms with van der Waals surface area (Å²) in [5.74, 6) is 1.43. The van der Waals surface area contributed by atoms with Crippen LogP contribution in [-0.2, 0) is 4.79 Å². The fraction of sp³-hybridized carbons (Fsp3) is 0.786. The predicted octanol–water partition coefficient (Wildman–Crippen LogP) is 2.26. The van der Waals surface area contributed by atoms with E-state index in [1.165, 1.54) is 0 Å². The van der Waals surface area contributed by atoms with Crippen LogP contribution in [0.5, 0.6) is 0 Å². The highest BCUT2D eigenvalue weighted by molar-refractivity contribution is 5.90. The highest BCUT2D eigenvalue weighted by Crippen LogP contribution is 2.29. The van der Waals surface area contributed by atoms with Crippen molar-refractivity contribution in [1.82, 2.24) is 15.5 Å². The molecule has 2 heterocycles. The van der Waals surface area contributed by atoms with E-state index >= 15 is 0 Å².